The summed E-state index contributed by atoms with van der Waals surface area (Å²) >= 11 is 7.78. The van der Waals surface area contributed by atoms with Crippen LogP contribution in [0, 0.1) is 19.3 Å². The minimum Gasteiger partial charge on any atom is -0.342 e. The maximum Gasteiger partial charge on any atom is 0.236 e. The fourth-order valence-corrected chi connectivity index (χ4v) is 5.03. The molecule has 1 aromatic carbocycles. The number of H-pyrrole nitrogens is 1. The van der Waals surface area contributed by atoms with Gasteiger partial charge in [-0.05, 0) is 50.8 Å². The molecule has 0 bridgehead atoms. The van der Waals surface area contributed by atoms with Crippen molar-refractivity contribution in [2.24, 2.45) is 0 Å². The number of hydrogen-bond donors (Lipinski definition) is 2. The zero-order valence-corrected chi connectivity index (χ0v) is 18.9. The lowest BCUT2D eigenvalue weighted by molar-refractivity contribution is -0.129. The smallest absolute Gasteiger partial charge is 0.236 e. The largest absolute Gasteiger partial charge is 0.342 e. The Labute approximate surface area is 184 Å². The number of carbonyl (C=O) groups excluding carboxylic acids is 1. The molecule has 0 unspecified atom stereocenters. The van der Waals surface area contributed by atoms with E-state index in [4.69, 9.17) is 22.0 Å². The highest BCUT2D eigenvalue weighted by Gasteiger charge is 2.28. The van der Waals surface area contributed by atoms with Crippen LogP contribution in [-0.2, 0) is 4.79 Å². The van der Waals surface area contributed by atoms with E-state index in [-0.39, 0.29) is 16.6 Å². The Hall–Kier alpha value is -2.32. The number of hydrogen-bond acceptors (Lipinski definition) is 5. The van der Waals surface area contributed by atoms with Crippen molar-refractivity contribution in [2.45, 2.75) is 50.4 Å². The van der Waals surface area contributed by atoms with Crippen LogP contribution in [0.2, 0.25) is 5.02 Å². The van der Waals surface area contributed by atoms with Crippen LogP contribution in [0.5, 0.6) is 0 Å². The van der Waals surface area contributed by atoms with Gasteiger partial charge >= 0.3 is 0 Å². The lowest BCUT2D eigenvalue weighted by atomic mass is 10.2. The summed E-state index contributed by atoms with van der Waals surface area (Å²) in [5, 5.41) is 17.7. The molecule has 0 radical (unpaired) electrons. The normalized spacial score (nSPS) is 15.1. The van der Waals surface area contributed by atoms with Gasteiger partial charge in [0.05, 0.1) is 16.3 Å². The number of amides is 1. The van der Waals surface area contributed by atoms with E-state index in [2.05, 4.69) is 10.2 Å². The second-order valence-corrected chi connectivity index (χ2v) is 9.18. The van der Waals surface area contributed by atoms with Crippen LogP contribution in [0.4, 0.5) is 0 Å². The van der Waals surface area contributed by atoms with Crippen LogP contribution in [0.3, 0.4) is 0 Å². The van der Waals surface area contributed by atoms with Gasteiger partial charge < -0.3 is 4.90 Å². The standard InChI is InChI=1S/C21H25ClN6OS/c1-4-16(20(29)27-9-5-6-10-27)30-21-24-19-17(13(3)25-26-19)18(23)28(21)14-8-7-12(2)15(22)11-14/h7-8,11,16,23H,4-6,9-10H2,1-3H3,(H,25,26)/t16-/m0/s1. The van der Waals surface area contributed by atoms with Gasteiger partial charge in [0.1, 0.15) is 5.49 Å². The van der Waals surface area contributed by atoms with Crippen molar-refractivity contribution in [1.29, 1.82) is 5.41 Å². The number of aryl methyl sites for hydroxylation is 2. The maximum atomic E-state index is 13.1. The van der Waals surface area contributed by atoms with Crippen molar-refractivity contribution in [3.8, 4) is 5.69 Å². The Balaban J connectivity index is 1.84. The van der Waals surface area contributed by atoms with Gasteiger partial charge in [-0.25, -0.2) is 4.98 Å². The molecule has 1 aliphatic rings. The molecule has 30 heavy (non-hydrogen) atoms. The third-order valence-corrected chi connectivity index (χ3v) is 7.22. The lowest BCUT2D eigenvalue weighted by Gasteiger charge is -2.23. The topological polar surface area (TPSA) is 90.7 Å². The van der Waals surface area contributed by atoms with Gasteiger partial charge in [-0.2, -0.15) is 5.10 Å². The number of rotatable bonds is 5. The second kappa shape index (κ2) is 8.43. The third-order valence-electron chi connectivity index (χ3n) is 5.51. The number of nitrogens with one attached hydrogen (secondary N) is 2. The molecule has 1 atom stereocenters. The Morgan fingerprint density at radius 3 is 2.73 bits per heavy atom. The first-order valence-corrected chi connectivity index (χ1v) is 11.4. The molecule has 158 valence electrons. The van der Waals surface area contributed by atoms with Crippen molar-refractivity contribution in [1.82, 2.24) is 24.6 Å². The monoisotopic (exact) mass is 444 g/mol. The number of carbonyl (C=O) groups is 1. The average molecular weight is 445 g/mol. The van der Waals surface area contributed by atoms with E-state index in [1.165, 1.54) is 11.8 Å². The Morgan fingerprint density at radius 1 is 1.33 bits per heavy atom. The molecule has 2 N–H and O–H groups in total. The molecule has 0 aliphatic carbocycles. The summed E-state index contributed by atoms with van der Waals surface area (Å²) in [5.41, 5.74) is 3.25. The molecule has 0 saturated carbocycles. The molecule has 4 rings (SSSR count). The zero-order chi connectivity index (χ0) is 21.4. The molecule has 9 heteroatoms. The molecule has 0 spiro atoms. The summed E-state index contributed by atoms with van der Waals surface area (Å²) in [7, 11) is 0. The van der Waals surface area contributed by atoms with Crippen LogP contribution in [0.25, 0.3) is 16.7 Å². The molecule has 1 aliphatic heterocycles. The molecule has 3 heterocycles. The highest BCUT2D eigenvalue weighted by atomic mass is 35.5. The number of thioether (sulfide) groups is 1. The van der Waals surface area contributed by atoms with E-state index in [0.29, 0.717) is 27.6 Å². The van der Waals surface area contributed by atoms with Crippen LogP contribution in [-0.4, -0.2) is 48.9 Å². The van der Waals surface area contributed by atoms with E-state index in [9.17, 15) is 4.79 Å². The fraction of sp³-hybridized carbons (Fsp3) is 0.429. The molecule has 2 aromatic heterocycles. The Kier molecular flexibility index (Phi) is 5.88. The Morgan fingerprint density at radius 2 is 2.07 bits per heavy atom. The van der Waals surface area contributed by atoms with Crippen molar-refractivity contribution in [2.75, 3.05) is 13.1 Å². The number of fused-ring (bicyclic) bond motifs is 1. The van der Waals surface area contributed by atoms with Crippen molar-refractivity contribution in [3.05, 3.63) is 40.0 Å². The molecular weight excluding hydrogens is 420 g/mol. The van der Waals surface area contributed by atoms with E-state index in [1.54, 1.807) is 4.57 Å². The predicted octanol–water partition coefficient (Wildman–Crippen LogP) is 3.99. The number of benzene rings is 1. The summed E-state index contributed by atoms with van der Waals surface area (Å²) < 4.78 is 1.76. The summed E-state index contributed by atoms with van der Waals surface area (Å²) in [4.78, 5) is 19.7. The SMILES string of the molecule is CC[C@H](Sc1nc2n[nH]c(C)c2c(=N)n1-c1ccc(C)c(Cl)c1)C(=O)N1CCCC1. The molecule has 1 saturated heterocycles. The summed E-state index contributed by atoms with van der Waals surface area (Å²) in [6, 6.07) is 5.69. The first-order chi connectivity index (χ1) is 14.4. The number of likely N-dealkylation sites (tertiary alicyclic amines) is 1. The van der Waals surface area contributed by atoms with Gasteiger partial charge in [0.2, 0.25) is 5.91 Å². The van der Waals surface area contributed by atoms with Gasteiger partial charge in [-0.3, -0.25) is 19.9 Å². The van der Waals surface area contributed by atoms with E-state index in [1.807, 2.05) is 43.9 Å². The highest BCUT2D eigenvalue weighted by molar-refractivity contribution is 8.00. The van der Waals surface area contributed by atoms with Gasteiger partial charge in [0, 0.05) is 23.8 Å². The number of aromatic nitrogens is 4. The fourth-order valence-electron chi connectivity index (χ4n) is 3.74. The van der Waals surface area contributed by atoms with Gasteiger partial charge in [0.25, 0.3) is 0 Å². The van der Waals surface area contributed by atoms with E-state index >= 15 is 0 Å². The molecule has 1 fully saturated rings. The summed E-state index contributed by atoms with van der Waals surface area (Å²) in [6.07, 6.45) is 2.80. The average Bonchev–Trinajstić information content (AvgIpc) is 3.38. The van der Waals surface area contributed by atoms with Crippen LogP contribution < -0.4 is 5.49 Å². The Bertz CT molecular complexity index is 1160. The quantitative estimate of drug-likeness (QED) is 0.459. The first kappa shape index (κ1) is 20.9. The summed E-state index contributed by atoms with van der Waals surface area (Å²) in [5.74, 6) is 0.139. The van der Waals surface area contributed by atoms with Crippen molar-refractivity contribution >= 4 is 40.3 Å². The van der Waals surface area contributed by atoms with Gasteiger partial charge in [-0.15, -0.1) is 0 Å². The maximum absolute atomic E-state index is 13.1. The third kappa shape index (κ3) is 3.74. The van der Waals surface area contributed by atoms with Gasteiger partial charge in [-0.1, -0.05) is 36.4 Å². The second-order valence-electron chi connectivity index (χ2n) is 7.61. The van der Waals surface area contributed by atoms with Crippen LogP contribution in [0.1, 0.15) is 37.4 Å². The molecule has 1 amide bonds. The van der Waals surface area contributed by atoms with Crippen molar-refractivity contribution in [3.63, 3.8) is 0 Å². The zero-order valence-electron chi connectivity index (χ0n) is 17.3. The number of halogens is 1. The van der Waals surface area contributed by atoms with E-state index in [0.717, 1.165) is 42.9 Å². The molecule has 7 nitrogen and oxygen atoms in total. The predicted molar refractivity (Wildman–Crippen MR) is 119 cm³/mol. The first-order valence-electron chi connectivity index (χ1n) is 10.1. The number of aromatic amines is 1. The number of nitrogens with zero attached hydrogens (tertiary/aromatic N) is 4. The molecular formula is C21H25ClN6OS. The van der Waals surface area contributed by atoms with Crippen LogP contribution >= 0.6 is 23.4 Å². The van der Waals surface area contributed by atoms with Crippen LogP contribution in [0.15, 0.2) is 23.4 Å². The van der Waals surface area contributed by atoms with Gasteiger partial charge in [0.15, 0.2) is 10.8 Å². The lowest BCUT2D eigenvalue weighted by Crippen LogP contribution is -2.35. The molecule has 3 aromatic rings. The minimum atomic E-state index is -0.264. The van der Waals surface area contributed by atoms with E-state index < -0.39 is 0 Å². The van der Waals surface area contributed by atoms with Crippen molar-refractivity contribution < 1.29 is 4.79 Å². The minimum absolute atomic E-state index is 0.139. The summed E-state index contributed by atoms with van der Waals surface area (Å²) in [6.45, 7) is 7.46. The highest BCUT2D eigenvalue weighted by Crippen LogP contribution is 2.30.